The molecule has 0 saturated carbocycles. The molecule has 4 heteroatoms. The van der Waals surface area contributed by atoms with Gasteiger partial charge in [0.2, 0.25) is 5.91 Å². The molecule has 3 rings (SSSR count). The molecule has 1 aliphatic rings. The van der Waals surface area contributed by atoms with Gasteiger partial charge in [-0.2, -0.15) is 0 Å². The topological polar surface area (TPSA) is 49.3 Å². The summed E-state index contributed by atoms with van der Waals surface area (Å²) in [6.45, 7) is 0.469. The normalized spacial score (nSPS) is 16.1. The summed E-state index contributed by atoms with van der Waals surface area (Å²) in [5, 5.41) is 12.4. The number of halogens is 1. The zero-order valence-corrected chi connectivity index (χ0v) is 12.4. The number of nitrogens with one attached hydrogen (secondary N) is 1. The van der Waals surface area contributed by atoms with Gasteiger partial charge in [0.1, 0.15) is 5.75 Å². The number of fused-ring (bicyclic) bond motifs is 1. The number of phenolic OH excluding ortho intramolecular Hbond substituents is 1. The maximum absolute atomic E-state index is 12.1. The maximum Gasteiger partial charge on any atom is 0.228 e. The van der Waals surface area contributed by atoms with Gasteiger partial charge in [-0.15, -0.1) is 0 Å². The van der Waals surface area contributed by atoms with Crippen LogP contribution >= 0.6 is 15.9 Å². The zero-order chi connectivity index (χ0) is 14.1. The second-order valence-electron chi connectivity index (χ2n) is 4.96. The number of carbonyl (C=O) groups is 1. The van der Waals surface area contributed by atoms with E-state index in [1.807, 2.05) is 24.3 Å². The van der Waals surface area contributed by atoms with Gasteiger partial charge < -0.3 is 10.4 Å². The molecule has 20 heavy (non-hydrogen) atoms. The van der Waals surface area contributed by atoms with Crippen LogP contribution in [0.25, 0.3) is 0 Å². The molecule has 0 heterocycles. The Morgan fingerprint density at radius 1 is 1.30 bits per heavy atom. The molecule has 102 valence electrons. The average molecular weight is 332 g/mol. The van der Waals surface area contributed by atoms with Crippen LogP contribution < -0.4 is 5.32 Å². The minimum Gasteiger partial charge on any atom is -0.507 e. The molecule has 2 N–H and O–H groups in total. The van der Waals surface area contributed by atoms with E-state index in [1.165, 1.54) is 5.56 Å². The molecule has 1 atom stereocenters. The monoisotopic (exact) mass is 331 g/mol. The Hall–Kier alpha value is -1.81. The van der Waals surface area contributed by atoms with Crippen molar-refractivity contribution in [1.82, 2.24) is 5.32 Å². The molecule has 2 aromatic carbocycles. The Kier molecular flexibility index (Phi) is 3.49. The average Bonchev–Trinajstić information content (AvgIpc) is 2.41. The van der Waals surface area contributed by atoms with Crippen LogP contribution in [0.15, 0.2) is 46.9 Å². The van der Waals surface area contributed by atoms with Gasteiger partial charge in [-0.3, -0.25) is 4.79 Å². The minimum atomic E-state index is -0.0215. The number of amides is 1. The molecular formula is C16H14BrNO2. The Balaban J connectivity index is 1.62. The Morgan fingerprint density at radius 2 is 2.10 bits per heavy atom. The van der Waals surface area contributed by atoms with E-state index in [0.29, 0.717) is 11.0 Å². The third-order valence-corrected chi connectivity index (χ3v) is 4.29. The summed E-state index contributed by atoms with van der Waals surface area (Å²) < 4.78 is 0.637. The van der Waals surface area contributed by atoms with E-state index in [9.17, 15) is 9.90 Å². The van der Waals surface area contributed by atoms with Crippen molar-refractivity contribution < 1.29 is 9.90 Å². The highest BCUT2D eigenvalue weighted by molar-refractivity contribution is 9.10. The fraction of sp³-hybridized carbons (Fsp3) is 0.188. The summed E-state index contributed by atoms with van der Waals surface area (Å²) in [4.78, 5) is 12.1. The fourth-order valence-corrected chi connectivity index (χ4v) is 2.89. The molecule has 1 aliphatic carbocycles. The summed E-state index contributed by atoms with van der Waals surface area (Å²) >= 11 is 3.27. The van der Waals surface area contributed by atoms with Crippen molar-refractivity contribution in [1.29, 1.82) is 0 Å². The van der Waals surface area contributed by atoms with Crippen LogP contribution in [-0.4, -0.2) is 11.0 Å². The highest BCUT2D eigenvalue weighted by Crippen LogP contribution is 2.34. The second-order valence-corrected chi connectivity index (χ2v) is 5.81. The highest BCUT2D eigenvalue weighted by Gasteiger charge is 2.31. The van der Waals surface area contributed by atoms with E-state index in [0.717, 1.165) is 17.5 Å². The Labute approximate surface area is 125 Å². The lowest BCUT2D eigenvalue weighted by atomic mass is 9.77. The van der Waals surface area contributed by atoms with Crippen molar-refractivity contribution in [3.8, 4) is 5.75 Å². The molecular weight excluding hydrogens is 318 g/mol. The van der Waals surface area contributed by atoms with Crippen LogP contribution in [-0.2, 0) is 17.8 Å². The van der Waals surface area contributed by atoms with E-state index in [1.54, 1.807) is 12.1 Å². The van der Waals surface area contributed by atoms with Gasteiger partial charge in [0.05, 0.1) is 10.4 Å². The largest absolute Gasteiger partial charge is 0.507 e. The lowest BCUT2D eigenvalue weighted by Gasteiger charge is -2.28. The molecule has 0 aromatic heterocycles. The molecule has 2 aromatic rings. The van der Waals surface area contributed by atoms with Crippen LogP contribution in [0.2, 0.25) is 0 Å². The summed E-state index contributed by atoms with van der Waals surface area (Å²) in [6.07, 6.45) is 0.821. The van der Waals surface area contributed by atoms with E-state index in [-0.39, 0.29) is 17.6 Å². The van der Waals surface area contributed by atoms with Crippen LogP contribution in [0.3, 0.4) is 0 Å². The van der Waals surface area contributed by atoms with Gasteiger partial charge >= 0.3 is 0 Å². The molecule has 0 spiro atoms. The fourth-order valence-electron chi connectivity index (χ4n) is 2.47. The van der Waals surface area contributed by atoms with Gasteiger partial charge in [0.15, 0.2) is 0 Å². The lowest BCUT2D eigenvalue weighted by molar-refractivity contribution is -0.123. The van der Waals surface area contributed by atoms with Crippen molar-refractivity contribution in [3.05, 3.63) is 63.6 Å². The summed E-state index contributed by atoms with van der Waals surface area (Å²) in [7, 11) is 0. The number of carbonyl (C=O) groups excluding carboxylic acids is 1. The molecule has 0 saturated heterocycles. The Bertz CT molecular complexity index is 669. The number of aromatic hydroxyl groups is 1. The first-order valence-corrected chi connectivity index (χ1v) is 7.27. The van der Waals surface area contributed by atoms with Crippen molar-refractivity contribution in [2.75, 3.05) is 0 Å². The smallest absolute Gasteiger partial charge is 0.228 e. The first-order valence-electron chi connectivity index (χ1n) is 6.48. The van der Waals surface area contributed by atoms with Crippen LogP contribution in [0, 0.1) is 0 Å². The van der Waals surface area contributed by atoms with Gasteiger partial charge in [0, 0.05) is 6.54 Å². The summed E-state index contributed by atoms with van der Waals surface area (Å²) in [5.41, 5.74) is 3.35. The number of hydrogen-bond donors (Lipinski definition) is 2. The molecule has 3 nitrogen and oxygen atoms in total. The van der Waals surface area contributed by atoms with Gasteiger partial charge in [-0.25, -0.2) is 0 Å². The number of rotatable bonds is 3. The maximum atomic E-state index is 12.1. The molecule has 0 aliphatic heterocycles. The molecule has 0 unspecified atom stereocenters. The minimum absolute atomic E-state index is 0.0215. The van der Waals surface area contributed by atoms with Gasteiger partial charge in [0.25, 0.3) is 0 Å². The van der Waals surface area contributed by atoms with E-state index in [2.05, 4.69) is 27.3 Å². The first kappa shape index (κ1) is 13.2. The molecule has 0 radical (unpaired) electrons. The van der Waals surface area contributed by atoms with Crippen LogP contribution in [0.5, 0.6) is 5.75 Å². The molecule has 1 amide bonds. The van der Waals surface area contributed by atoms with Crippen molar-refractivity contribution >= 4 is 21.8 Å². The lowest BCUT2D eigenvalue weighted by Crippen LogP contribution is -2.35. The molecule has 0 bridgehead atoms. The van der Waals surface area contributed by atoms with Crippen LogP contribution in [0.1, 0.15) is 22.6 Å². The van der Waals surface area contributed by atoms with E-state index >= 15 is 0 Å². The quantitative estimate of drug-likeness (QED) is 0.907. The number of phenols is 1. The predicted octanol–water partition coefficient (Wildman–Crippen LogP) is 3.11. The summed E-state index contributed by atoms with van der Waals surface area (Å²) in [5.74, 6) is 0.243. The van der Waals surface area contributed by atoms with Gasteiger partial charge in [-0.1, -0.05) is 30.3 Å². The van der Waals surface area contributed by atoms with Gasteiger partial charge in [-0.05, 0) is 51.2 Å². The third kappa shape index (κ3) is 2.43. The number of benzene rings is 2. The predicted molar refractivity (Wildman–Crippen MR) is 80.5 cm³/mol. The highest BCUT2D eigenvalue weighted by atomic mass is 79.9. The van der Waals surface area contributed by atoms with E-state index in [4.69, 9.17) is 0 Å². The van der Waals surface area contributed by atoms with Crippen LogP contribution in [0.4, 0.5) is 0 Å². The van der Waals surface area contributed by atoms with Crippen molar-refractivity contribution in [3.63, 3.8) is 0 Å². The first-order chi connectivity index (χ1) is 9.65. The Morgan fingerprint density at radius 3 is 2.85 bits per heavy atom. The standard InChI is InChI=1S/C16H14BrNO2/c17-14-7-10(5-6-15(14)19)9-18-16(20)13-8-11-3-1-2-4-12(11)13/h1-7,13,19H,8-9H2,(H,18,20)/t13-/m1/s1. The number of hydrogen-bond acceptors (Lipinski definition) is 2. The van der Waals surface area contributed by atoms with Crippen molar-refractivity contribution in [2.24, 2.45) is 0 Å². The summed E-state index contributed by atoms with van der Waals surface area (Å²) in [6, 6.07) is 13.3. The zero-order valence-electron chi connectivity index (χ0n) is 10.8. The molecule has 0 fully saturated rings. The van der Waals surface area contributed by atoms with Crippen molar-refractivity contribution in [2.45, 2.75) is 18.9 Å². The SMILES string of the molecule is O=C(NCc1ccc(O)c(Br)c1)[C@@H]1Cc2ccccc21. The second kappa shape index (κ2) is 5.29. The van der Waals surface area contributed by atoms with E-state index < -0.39 is 0 Å². The third-order valence-electron chi connectivity index (χ3n) is 3.65.